The van der Waals surface area contributed by atoms with Gasteiger partial charge in [-0.15, -0.1) is 0 Å². The van der Waals surface area contributed by atoms with Gasteiger partial charge in [0, 0.05) is 11.6 Å². The molecule has 170 valence electrons. The first-order valence-corrected chi connectivity index (χ1v) is 11.0. The number of benzene rings is 3. The maximum atomic E-state index is 13.1. The van der Waals surface area contributed by atoms with Crippen molar-refractivity contribution in [2.45, 2.75) is 6.92 Å². The van der Waals surface area contributed by atoms with Crippen molar-refractivity contribution in [3.05, 3.63) is 103 Å². The molecular formula is C23H15N3O6S2. The average Bonchev–Trinajstić information content (AvgIpc) is 3.08. The van der Waals surface area contributed by atoms with Crippen LogP contribution in [0.15, 0.2) is 71.6 Å². The van der Waals surface area contributed by atoms with E-state index in [1.54, 1.807) is 30.3 Å². The lowest BCUT2D eigenvalue weighted by Crippen LogP contribution is -2.27. The van der Waals surface area contributed by atoms with E-state index in [1.165, 1.54) is 11.0 Å². The predicted molar refractivity (Wildman–Crippen MR) is 133 cm³/mol. The number of para-hydroxylation sites is 1. The number of rotatable bonds is 6. The third kappa shape index (κ3) is 4.65. The smallest absolute Gasteiger partial charge is 0.318 e. The quantitative estimate of drug-likeness (QED) is 0.177. The molecule has 1 fully saturated rings. The number of amides is 1. The molecule has 34 heavy (non-hydrogen) atoms. The van der Waals surface area contributed by atoms with Crippen LogP contribution in [0.3, 0.4) is 0 Å². The number of nitro benzene ring substituents is 2. The van der Waals surface area contributed by atoms with Crippen LogP contribution in [0, 0.1) is 27.2 Å². The van der Waals surface area contributed by atoms with Gasteiger partial charge >= 0.3 is 5.69 Å². The van der Waals surface area contributed by atoms with Crippen LogP contribution in [0.25, 0.3) is 6.08 Å². The number of hydrogen-bond donors (Lipinski definition) is 0. The normalized spacial score (nSPS) is 14.5. The Morgan fingerprint density at radius 2 is 1.68 bits per heavy atom. The van der Waals surface area contributed by atoms with E-state index < -0.39 is 21.2 Å². The van der Waals surface area contributed by atoms with Gasteiger partial charge in [0.1, 0.15) is 5.75 Å². The maximum absolute atomic E-state index is 13.1. The van der Waals surface area contributed by atoms with Crippen LogP contribution < -0.4 is 9.64 Å². The second kappa shape index (κ2) is 9.41. The van der Waals surface area contributed by atoms with Gasteiger partial charge in [0.15, 0.2) is 4.32 Å². The Morgan fingerprint density at radius 1 is 0.971 bits per heavy atom. The number of anilines is 1. The minimum Gasteiger partial charge on any atom is -0.449 e. The number of carbonyl (C=O) groups excluding carboxylic acids is 1. The van der Waals surface area contributed by atoms with Crippen LogP contribution in [-0.4, -0.2) is 20.1 Å². The van der Waals surface area contributed by atoms with Crippen molar-refractivity contribution in [1.82, 2.24) is 0 Å². The van der Waals surface area contributed by atoms with Crippen molar-refractivity contribution >= 4 is 57.3 Å². The summed E-state index contributed by atoms with van der Waals surface area (Å²) in [4.78, 5) is 35.8. The zero-order chi connectivity index (χ0) is 24.4. The Balaban J connectivity index is 1.67. The molecule has 1 aliphatic heterocycles. The van der Waals surface area contributed by atoms with Gasteiger partial charge in [-0.3, -0.25) is 29.9 Å². The molecule has 0 unspecified atom stereocenters. The highest BCUT2D eigenvalue weighted by Gasteiger charge is 2.33. The maximum Gasteiger partial charge on any atom is 0.318 e. The summed E-state index contributed by atoms with van der Waals surface area (Å²) in [6.07, 6.45) is 1.60. The lowest BCUT2D eigenvalue weighted by atomic mass is 10.1. The van der Waals surface area contributed by atoms with Crippen LogP contribution >= 0.6 is 24.0 Å². The molecule has 0 atom stereocenters. The number of nitro groups is 2. The molecule has 0 spiro atoms. The molecule has 1 aliphatic rings. The van der Waals surface area contributed by atoms with Gasteiger partial charge in [-0.25, -0.2) is 0 Å². The van der Waals surface area contributed by atoms with E-state index in [1.807, 2.05) is 31.2 Å². The Kier molecular flexibility index (Phi) is 6.39. The molecule has 0 radical (unpaired) electrons. The number of thioether (sulfide) groups is 1. The molecule has 0 N–H and O–H groups in total. The number of nitrogens with zero attached hydrogens (tertiary/aromatic N) is 3. The number of hydrogen-bond acceptors (Lipinski definition) is 8. The van der Waals surface area contributed by atoms with Crippen molar-refractivity contribution in [2.75, 3.05) is 4.90 Å². The standard InChI is InChI=1S/C23H15N3O6S2/c1-14-6-8-16(9-7-14)24-22(27)21(34-23(24)33)12-15-4-2-3-5-19(15)32-20-11-10-17(25(28)29)13-18(20)26(30)31/h2-13H,1H3/b21-12-. The molecule has 3 aromatic rings. The van der Waals surface area contributed by atoms with Crippen LogP contribution in [0.5, 0.6) is 11.5 Å². The Bertz CT molecular complexity index is 1370. The summed E-state index contributed by atoms with van der Waals surface area (Å²) < 4.78 is 6.14. The molecule has 0 saturated carbocycles. The van der Waals surface area contributed by atoms with E-state index >= 15 is 0 Å². The minimum atomic E-state index is -0.752. The molecule has 0 aromatic heterocycles. The van der Waals surface area contributed by atoms with E-state index in [2.05, 4.69) is 0 Å². The highest BCUT2D eigenvalue weighted by atomic mass is 32.2. The molecule has 1 saturated heterocycles. The fraction of sp³-hybridized carbons (Fsp3) is 0.0435. The van der Waals surface area contributed by atoms with Crippen molar-refractivity contribution in [3.8, 4) is 11.5 Å². The largest absolute Gasteiger partial charge is 0.449 e. The van der Waals surface area contributed by atoms with Crippen molar-refractivity contribution in [1.29, 1.82) is 0 Å². The second-order valence-corrected chi connectivity index (χ2v) is 8.83. The molecule has 4 rings (SSSR count). The molecule has 0 aliphatic carbocycles. The van der Waals surface area contributed by atoms with Gasteiger partial charge in [-0.1, -0.05) is 59.9 Å². The summed E-state index contributed by atoms with van der Waals surface area (Å²) in [5.74, 6) is -0.223. The first kappa shape index (κ1) is 23.1. The minimum absolute atomic E-state index is 0.163. The van der Waals surface area contributed by atoms with Gasteiger partial charge in [0.05, 0.1) is 26.5 Å². The number of thiocarbonyl (C=S) groups is 1. The number of carbonyl (C=O) groups is 1. The number of aryl methyl sites for hydroxylation is 1. The van der Waals surface area contributed by atoms with Gasteiger partial charge in [0.2, 0.25) is 5.75 Å². The Hall–Kier alpha value is -4.09. The van der Waals surface area contributed by atoms with Gasteiger partial charge < -0.3 is 4.74 Å². The summed E-state index contributed by atoms with van der Waals surface area (Å²) in [6, 6.07) is 17.2. The van der Waals surface area contributed by atoms with E-state index in [-0.39, 0.29) is 17.4 Å². The third-order valence-electron chi connectivity index (χ3n) is 4.86. The van der Waals surface area contributed by atoms with Gasteiger partial charge in [-0.2, -0.15) is 0 Å². The zero-order valence-electron chi connectivity index (χ0n) is 17.5. The van der Waals surface area contributed by atoms with Crippen molar-refractivity contribution in [3.63, 3.8) is 0 Å². The molecule has 11 heteroatoms. The highest BCUT2D eigenvalue weighted by molar-refractivity contribution is 8.27. The molecule has 1 heterocycles. The molecule has 1 amide bonds. The fourth-order valence-electron chi connectivity index (χ4n) is 3.18. The first-order valence-electron chi connectivity index (χ1n) is 9.79. The monoisotopic (exact) mass is 493 g/mol. The number of non-ortho nitro benzene ring substituents is 1. The first-order chi connectivity index (χ1) is 16.2. The van der Waals surface area contributed by atoms with Crippen LogP contribution in [0.2, 0.25) is 0 Å². The Morgan fingerprint density at radius 3 is 2.35 bits per heavy atom. The zero-order valence-corrected chi connectivity index (χ0v) is 19.2. The Labute approximate surface area is 202 Å². The SMILES string of the molecule is Cc1ccc(N2C(=O)/C(=C/c3ccccc3Oc3ccc([N+](=O)[O-])cc3[N+](=O)[O-])SC2=S)cc1. The summed E-state index contributed by atoms with van der Waals surface area (Å²) in [5.41, 5.74) is 1.22. The third-order valence-corrected chi connectivity index (χ3v) is 6.16. The number of ether oxygens (including phenoxy) is 1. The van der Waals surface area contributed by atoms with Gasteiger partial charge in [0.25, 0.3) is 11.6 Å². The van der Waals surface area contributed by atoms with Crippen molar-refractivity contribution < 1.29 is 19.4 Å². The molecule has 0 bridgehead atoms. The summed E-state index contributed by atoms with van der Waals surface area (Å²) in [5, 5.41) is 22.4. The van der Waals surface area contributed by atoms with Crippen molar-refractivity contribution in [2.24, 2.45) is 0 Å². The van der Waals surface area contributed by atoms with E-state index in [9.17, 15) is 25.0 Å². The summed E-state index contributed by atoms with van der Waals surface area (Å²) in [6.45, 7) is 1.94. The van der Waals surface area contributed by atoms with E-state index in [0.29, 0.717) is 20.5 Å². The van der Waals surface area contributed by atoms with Crippen LogP contribution in [0.1, 0.15) is 11.1 Å². The predicted octanol–water partition coefficient (Wildman–Crippen LogP) is 6.01. The fourth-order valence-corrected chi connectivity index (χ4v) is 4.47. The van der Waals surface area contributed by atoms with E-state index in [4.69, 9.17) is 17.0 Å². The topological polar surface area (TPSA) is 116 Å². The molecule has 9 nitrogen and oxygen atoms in total. The second-order valence-electron chi connectivity index (χ2n) is 7.16. The molecular weight excluding hydrogens is 478 g/mol. The lowest BCUT2D eigenvalue weighted by Gasteiger charge is -2.14. The lowest BCUT2D eigenvalue weighted by molar-refractivity contribution is -0.394. The van der Waals surface area contributed by atoms with E-state index in [0.717, 1.165) is 29.5 Å². The molecule has 3 aromatic carbocycles. The summed E-state index contributed by atoms with van der Waals surface area (Å²) in [7, 11) is 0. The average molecular weight is 494 g/mol. The van der Waals surface area contributed by atoms with Crippen LogP contribution in [-0.2, 0) is 4.79 Å². The summed E-state index contributed by atoms with van der Waals surface area (Å²) >= 11 is 6.54. The highest BCUT2D eigenvalue weighted by Crippen LogP contribution is 2.39. The van der Waals surface area contributed by atoms with Gasteiger partial charge in [-0.05, 0) is 37.3 Å². The van der Waals surface area contributed by atoms with Crippen LogP contribution in [0.4, 0.5) is 17.1 Å².